The monoisotopic (exact) mass is 373 g/mol. The largest absolute Gasteiger partial charge is 0.465 e. The van der Waals surface area contributed by atoms with Crippen LogP contribution in [-0.2, 0) is 16.1 Å². The molecule has 0 spiro atoms. The second-order valence-electron chi connectivity index (χ2n) is 5.95. The van der Waals surface area contributed by atoms with Crippen molar-refractivity contribution in [3.63, 3.8) is 0 Å². The first kappa shape index (κ1) is 18.1. The molecule has 0 aliphatic carbocycles. The van der Waals surface area contributed by atoms with Gasteiger partial charge in [0.05, 0.1) is 16.8 Å². The molecule has 0 radical (unpaired) electrons. The number of ether oxygens (including phenoxy) is 1. The van der Waals surface area contributed by atoms with Gasteiger partial charge >= 0.3 is 11.9 Å². The zero-order valence-electron chi connectivity index (χ0n) is 15.0. The van der Waals surface area contributed by atoms with Crippen molar-refractivity contribution in [2.75, 3.05) is 6.61 Å². The Morgan fingerprint density at radius 1 is 1.27 bits per heavy atom. The molecule has 26 heavy (non-hydrogen) atoms. The van der Waals surface area contributed by atoms with Crippen LogP contribution in [0.15, 0.2) is 27.7 Å². The first-order valence-corrected chi connectivity index (χ1v) is 8.99. The summed E-state index contributed by atoms with van der Waals surface area (Å²) in [6.07, 6.45) is 0. The van der Waals surface area contributed by atoms with E-state index in [0.717, 1.165) is 21.3 Å². The number of rotatable bonds is 4. The molecule has 0 fully saturated rings. The van der Waals surface area contributed by atoms with Crippen molar-refractivity contribution >= 4 is 33.4 Å². The first-order chi connectivity index (χ1) is 12.4. The highest BCUT2D eigenvalue weighted by Gasteiger charge is 2.16. The summed E-state index contributed by atoms with van der Waals surface area (Å²) < 4.78 is 12.7. The number of thiazole rings is 1. The van der Waals surface area contributed by atoms with E-state index in [-0.39, 0.29) is 18.2 Å². The lowest BCUT2D eigenvalue weighted by Crippen LogP contribution is -2.23. The van der Waals surface area contributed by atoms with Crippen LogP contribution in [0.5, 0.6) is 0 Å². The molecule has 7 nitrogen and oxygen atoms in total. The van der Waals surface area contributed by atoms with Crippen molar-refractivity contribution in [1.82, 2.24) is 9.72 Å². The number of carbonyl (C=O) groups excluding carboxylic acids is 2. The standard InChI is InChI=1S/C18H19N3O4S/c1-5-24-15(22)9-21-14-7-10(2)6-11(3)16(14)26-18(21)19-17(23)13-8-12(4)25-20-13/h6-8H,5,9H2,1-4H3. The molecule has 0 aliphatic rings. The van der Waals surface area contributed by atoms with Crippen LogP contribution < -0.4 is 4.80 Å². The van der Waals surface area contributed by atoms with Crippen molar-refractivity contribution in [2.24, 2.45) is 4.99 Å². The maximum atomic E-state index is 12.4. The summed E-state index contributed by atoms with van der Waals surface area (Å²) in [5.74, 6) is -0.358. The molecule has 0 unspecified atom stereocenters. The molecule has 136 valence electrons. The average Bonchev–Trinajstić information content (AvgIpc) is 3.13. The van der Waals surface area contributed by atoms with Crippen LogP contribution in [0.4, 0.5) is 0 Å². The Balaban J connectivity index is 2.16. The van der Waals surface area contributed by atoms with Crippen molar-refractivity contribution in [3.05, 3.63) is 45.6 Å². The zero-order chi connectivity index (χ0) is 18.8. The van der Waals surface area contributed by atoms with Crippen LogP contribution in [-0.4, -0.2) is 28.2 Å². The Bertz CT molecular complexity index is 1060. The van der Waals surface area contributed by atoms with E-state index in [1.165, 1.54) is 17.4 Å². The number of carbonyl (C=O) groups is 2. The summed E-state index contributed by atoms with van der Waals surface area (Å²) in [5, 5.41) is 3.70. The minimum absolute atomic E-state index is 0.0132. The number of esters is 1. The number of hydrogen-bond donors (Lipinski definition) is 0. The highest BCUT2D eigenvalue weighted by molar-refractivity contribution is 7.16. The molecule has 0 saturated carbocycles. The SMILES string of the molecule is CCOC(=O)Cn1c(=NC(=O)c2cc(C)on2)sc2c(C)cc(C)cc21. The average molecular weight is 373 g/mol. The molecular formula is C18H19N3O4S. The van der Waals surface area contributed by atoms with Crippen molar-refractivity contribution in [2.45, 2.75) is 34.2 Å². The third-order valence-electron chi connectivity index (χ3n) is 3.75. The zero-order valence-corrected chi connectivity index (χ0v) is 15.8. The Hall–Kier alpha value is -2.74. The van der Waals surface area contributed by atoms with Crippen LogP contribution >= 0.6 is 11.3 Å². The number of hydrogen-bond acceptors (Lipinski definition) is 6. The summed E-state index contributed by atoms with van der Waals surface area (Å²) in [4.78, 5) is 29.1. The molecule has 0 saturated heterocycles. The van der Waals surface area contributed by atoms with E-state index in [4.69, 9.17) is 9.26 Å². The molecule has 1 amide bonds. The molecule has 3 rings (SSSR count). The number of amides is 1. The predicted octanol–water partition coefficient (Wildman–Crippen LogP) is 2.92. The Morgan fingerprint density at radius 2 is 2.04 bits per heavy atom. The smallest absolute Gasteiger partial charge is 0.326 e. The van der Waals surface area contributed by atoms with Gasteiger partial charge in [-0.3, -0.25) is 9.59 Å². The first-order valence-electron chi connectivity index (χ1n) is 8.17. The second kappa shape index (κ2) is 7.25. The summed E-state index contributed by atoms with van der Waals surface area (Å²) in [6, 6.07) is 5.56. The second-order valence-corrected chi connectivity index (χ2v) is 6.92. The van der Waals surface area contributed by atoms with Gasteiger partial charge in [0.1, 0.15) is 12.3 Å². The van der Waals surface area contributed by atoms with Gasteiger partial charge < -0.3 is 13.8 Å². The van der Waals surface area contributed by atoms with Crippen molar-refractivity contribution in [3.8, 4) is 0 Å². The van der Waals surface area contributed by atoms with Gasteiger partial charge in [0.25, 0.3) is 0 Å². The van der Waals surface area contributed by atoms with Gasteiger partial charge in [-0.25, -0.2) is 0 Å². The van der Waals surface area contributed by atoms with Crippen LogP contribution in [0.1, 0.15) is 34.3 Å². The molecule has 1 aromatic carbocycles. The molecule has 2 aromatic heterocycles. The van der Waals surface area contributed by atoms with Gasteiger partial charge in [-0.2, -0.15) is 4.99 Å². The van der Waals surface area contributed by atoms with Crippen LogP contribution in [0, 0.1) is 20.8 Å². The van der Waals surface area contributed by atoms with Gasteiger partial charge in [0.2, 0.25) is 0 Å². The van der Waals surface area contributed by atoms with Gasteiger partial charge in [-0.15, -0.1) is 0 Å². The molecule has 0 aliphatic heterocycles. The minimum Gasteiger partial charge on any atom is -0.465 e. The highest BCUT2D eigenvalue weighted by Crippen LogP contribution is 2.23. The Kier molecular flexibility index (Phi) is 5.03. The highest BCUT2D eigenvalue weighted by atomic mass is 32.1. The Morgan fingerprint density at radius 3 is 2.69 bits per heavy atom. The maximum Gasteiger partial charge on any atom is 0.326 e. The van der Waals surface area contributed by atoms with E-state index >= 15 is 0 Å². The summed E-state index contributed by atoms with van der Waals surface area (Å²) in [5.41, 5.74) is 3.11. The Labute approximate surface area is 153 Å². The van der Waals surface area contributed by atoms with E-state index in [1.54, 1.807) is 18.4 Å². The fraction of sp³-hybridized carbons (Fsp3) is 0.333. The molecule has 8 heteroatoms. The molecular weight excluding hydrogens is 354 g/mol. The van der Waals surface area contributed by atoms with Crippen LogP contribution in [0.3, 0.4) is 0 Å². The summed E-state index contributed by atoms with van der Waals surface area (Å²) in [6.45, 7) is 7.72. The summed E-state index contributed by atoms with van der Waals surface area (Å²) >= 11 is 1.36. The van der Waals surface area contributed by atoms with Crippen LogP contribution in [0.2, 0.25) is 0 Å². The quantitative estimate of drug-likeness (QED) is 0.656. The molecule has 2 heterocycles. The number of nitrogens with zero attached hydrogens (tertiary/aromatic N) is 3. The number of aromatic nitrogens is 2. The predicted molar refractivity (Wildman–Crippen MR) is 97.1 cm³/mol. The van der Waals surface area contributed by atoms with Crippen molar-refractivity contribution in [1.29, 1.82) is 0 Å². The number of fused-ring (bicyclic) bond motifs is 1. The van der Waals surface area contributed by atoms with E-state index in [2.05, 4.69) is 16.2 Å². The van der Waals surface area contributed by atoms with Gasteiger partial charge in [0, 0.05) is 6.07 Å². The number of benzene rings is 1. The van der Waals surface area contributed by atoms with E-state index in [1.807, 2.05) is 19.9 Å². The van der Waals surface area contributed by atoms with Crippen LogP contribution in [0.25, 0.3) is 10.2 Å². The maximum absolute atomic E-state index is 12.4. The fourth-order valence-electron chi connectivity index (χ4n) is 2.70. The van der Waals surface area contributed by atoms with Gasteiger partial charge in [-0.1, -0.05) is 22.6 Å². The van der Waals surface area contributed by atoms with Gasteiger partial charge in [-0.05, 0) is 44.9 Å². The molecule has 0 bridgehead atoms. The van der Waals surface area contributed by atoms with Crippen molar-refractivity contribution < 1.29 is 18.8 Å². The topological polar surface area (TPSA) is 86.7 Å². The third-order valence-corrected chi connectivity index (χ3v) is 4.98. The lowest BCUT2D eigenvalue weighted by Gasteiger charge is -2.06. The summed E-state index contributed by atoms with van der Waals surface area (Å²) in [7, 11) is 0. The molecule has 3 aromatic rings. The van der Waals surface area contributed by atoms with Gasteiger partial charge in [0.15, 0.2) is 10.5 Å². The van der Waals surface area contributed by atoms with E-state index < -0.39 is 5.91 Å². The molecule has 0 atom stereocenters. The third kappa shape index (κ3) is 3.60. The molecule has 0 N–H and O–H groups in total. The number of aryl methyl sites for hydroxylation is 3. The lowest BCUT2D eigenvalue weighted by atomic mass is 10.1. The van der Waals surface area contributed by atoms with E-state index in [0.29, 0.717) is 17.2 Å². The lowest BCUT2D eigenvalue weighted by molar-refractivity contribution is -0.143. The minimum atomic E-state index is -0.514. The van der Waals surface area contributed by atoms with E-state index in [9.17, 15) is 9.59 Å². The fourth-order valence-corrected chi connectivity index (χ4v) is 3.78. The normalized spacial score (nSPS) is 11.9.